The molecule has 3 nitrogen and oxygen atoms in total. The van der Waals surface area contributed by atoms with Crippen molar-refractivity contribution < 1.29 is 14.6 Å². The van der Waals surface area contributed by atoms with E-state index < -0.39 is 5.97 Å². The van der Waals surface area contributed by atoms with Crippen LogP contribution in [-0.2, 0) is 6.61 Å². The fourth-order valence-corrected chi connectivity index (χ4v) is 3.37. The highest BCUT2D eigenvalue weighted by molar-refractivity contribution is 5.89. The second-order valence-corrected chi connectivity index (χ2v) is 6.55. The number of aromatic carboxylic acids is 1. The molecule has 3 rings (SSSR count). The molecule has 3 heteroatoms. The van der Waals surface area contributed by atoms with E-state index in [1.165, 1.54) is 22.3 Å². The highest BCUT2D eigenvalue weighted by Gasteiger charge is 2.10. The summed E-state index contributed by atoms with van der Waals surface area (Å²) in [5, 5.41) is 9.24. The zero-order chi connectivity index (χ0) is 22.7. The minimum Gasteiger partial charge on any atom is -0.489 e. The van der Waals surface area contributed by atoms with Crippen molar-refractivity contribution in [3.63, 3.8) is 0 Å². The van der Waals surface area contributed by atoms with Gasteiger partial charge < -0.3 is 9.84 Å². The van der Waals surface area contributed by atoms with E-state index in [0.29, 0.717) is 5.56 Å². The van der Waals surface area contributed by atoms with Crippen molar-refractivity contribution in [3.05, 3.63) is 88.5 Å². The third-order valence-electron chi connectivity index (χ3n) is 4.46. The SMILES string of the molecule is CC.CC.Cc1cc(C)c(-c2ccc(OCc3ccccc3C(=O)O)cc2)c(C)c1. The molecule has 160 valence electrons. The number of carbonyl (C=O) groups is 1. The largest absolute Gasteiger partial charge is 0.489 e. The van der Waals surface area contributed by atoms with E-state index in [1.54, 1.807) is 18.2 Å². The molecular weight excluding hydrogens is 372 g/mol. The van der Waals surface area contributed by atoms with Gasteiger partial charge >= 0.3 is 5.97 Å². The van der Waals surface area contributed by atoms with E-state index in [0.717, 1.165) is 11.3 Å². The lowest BCUT2D eigenvalue weighted by atomic mass is 9.94. The van der Waals surface area contributed by atoms with Crippen molar-refractivity contribution in [1.29, 1.82) is 0 Å². The van der Waals surface area contributed by atoms with Crippen LogP contribution in [0.25, 0.3) is 11.1 Å². The van der Waals surface area contributed by atoms with Gasteiger partial charge in [-0.3, -0.25) is 0 Å². The van der Waals surface area contributed by atoms with Crippen LogP contribution >= 0.6 is 0 Å². The quantitative estimate of drug-likeness (QED) is 0.474. The summed E-state index contributed by atoms with van der Waals surface area (Å²) in [6.07, 6.45) is 0. The second-order valence-electron chi connectivity index (χ2n) is 6.55. The number of hydrogen-bond donors (Lipinski definition) is 1. The standard InChI is InChI=1S/C23H22O3.2C2H6/c1-15-12-16(2)22(17(3)13-15)18-8-10-20(11-9-18)26-14-19-6-4-5-7-21(19)23(24)25;2*1-2/h4-13H,14H2,1-3H3,(H,24,25);2*1-2H3. The normalized spacial score (nSPS) is 9.57. The molecule has 0 bridgehead atoms. The van der Waals surface area contributed by atoms with Crippen LogP contribution in [0.1, 0.15) is 60.3 Å². The molecule has 0 fully saturated rings. The van der Waals surface area contributed by atoms with Crippen molar-refractivity contribution in [2.75, 3.05) is 0 Å². The fraction of sp³-hybridized carbons (Fsp3) is 0.296. The van der Waals surface area contributed by atoms with Gasteiger partial charge in [0.2, 0.25) is 0 Å². The van der Waals surface area contributed by atoms with E-state index >= 15 is 0 Å². The monoisotopic (exact) mass is 406 g/mol. The topological polar surface area (TPSA) is 46.5 Å². The number of ether oxygens (including phenoxy) is 1. The van der Waals surface area contributed by atoms with Crippen LogP contribution in [0.4, 0.5) is 0 Å². The lowest BCUT2D eigenvalue weighted by molar-refractivity contribution is 0.0694. The molecule has 30 heavy (non-hydrogen) atoms. The Balaban J connectivity index is 0.00000106. The average molecular weight is 407 g/mol. The van der Waals surface area contributed by atoms with Gasteiger partial charge in [-0.2, -0.15) is 0 Å². The van der Waals surface area contributed by atoms with Crippen molar-refractivity contribution in [3.8, 4) is 16.9 Å². The molecule has 0 amide bonds. The van der Waals surface area contributed by atoms with Gasteiger partial charge in [0, 0.05) is 5.56 Å². The van der Waals surface area contributed by atoms with Crippen molar-refractivity contribution in [2.24, 2.45) is 0 Å². The van der Waals surface area contributed by atoms with Gasteiger partial charge in [0.25, 0.3) is 0 Å². The predicted octanol–water partition coefficient (Wildman–Crippen LogP) is 7.61. The summed E-state index contributed by atoms with van der Waals surface area (Å²) in [5.74, 6) is -0.221. The highest BCUT2D eigenvalue weighted by atomic mass is 16.5. The first-order valence-corrected chi connectivity index (χ1v) is 10.6. The van der Waals surface area contributed by atoms with E-state index in [-0.39, 0.29) is 12.2 Å². The van der Waals surface area contributed by atoms with E-state index in [1.807, 2.05) is 58.0 Å². The number of benzene rings is 3. The molecule has 0 aliphatic heterocycles. The summed E-state index contributed by atoms with van der Waals surface area (Å²) in [4.78, 5) is 11.3. The van der Waals surface area contributed by atoms with E-state index in [2.05, 4.69) is 32.9 Å². The summed E-state index contributed by atoms with van der Waals surface area (Å²) in [5.41, 5.74) is 7.11. The molecule has 0 saturated heterocycles. The highest BCUT2D eigenvalue weighted by Crippen LogP contribution is 2.30. The van der Waals surface area contributed by atoms with Crippen molar-refractivity contribution in [2.45, 2.75) is 55.1 Å². The van der Waals surface area contributed by atoms with Crippen LogP contribution < -0.4 is 4.74 Å². The van der Waals surface area contributed by atoms with Crippen LogP contribution in [-0.4, -0.2) is 11.1 Å². The maximum atomic E-state index is 11.3. The van der Waals surface area contributed by atoms with Gasteiger partial charge in [0.05, 0.1) is 5.56 Å². The minimum absolute atomic E-state index is 0.227. The molecule has 0 aliphatic carbocycles. The Morgan fingerprint density at radius 2 is 1.37 bits per heavy atom. The Morgan fingerprint density at radius 1 is 0.833 bits per heavy atom. The number of rotatable bonds is 5. The lowest BCUT2D eigenvalue weighted by Crippen LogP contribution is -2.05. The molecule has 0 unspecified atom stereocenters. The second kappa shape index (κ2) is 12.5. The molecular formula is C27H34O3. The molecule has 0 radical (unpaired) electrons. The molecule has 0 heterocycles. The summed E-state index contributed by atoms with van der Waals surface area (Å²) in [7, 11) is 0. The van der Waals surface area contributed by atoms with Crippen LogP contribution in [0.15, 0.2) is 60.7 Å². The molecule has 3 aromatic rings. The van der Waals surface area contributed by atoms with Crippen molar-refractivity contribution in [1.82, 2.24) is 0 Å². The molecule has 0 aromatic heterocycles. The first kappa shape index (κ1) is 25.0. The summed E-state index contributed by atoms with van der Waals surface area (Å²) in [6.45, 7) is 14.6. The van der Waals surface area contributed by atoms with Gasteiger partial charge in [-0.25, -0.2) is 4.79 Å². The van der Waals surface area contributed by atoms with Gasteiger partial charge in [0.15, 0.2) is 0 Å². The Morgan fingerprint density at radius 3 is 1.90 bits per heavy atom. The summed E-state index contributed by atoms with van der Waals surface area (Å²) in [6, 6.07) is 19.2. The first-order chi connectivity index (χ1) is 14.5. The first-order valence-electron chi connectivity index (χ1n) is 10.6. The van der Waals surface area contributed by atoms with E-state index in [9.17, 15) is 9.90 Å². The Hall–Kier alpha value is -3.07. The van der Waals surface area contributed by atoms with Crippen LogP contribution in [0.3, 0.4) is 0 Å². The number of hydrogen-bond acceptors (Lipinski definition) is 2. The lowest BCUT2D eigenvalue weighted by Gasteiger charge is -2.13. The Bertz CT molecular complexity index is 918. The van der Waals surface area contributed by atoms with Crippen LogP contribution in [0.5, 0.6) is 5.75 Å². The fourth-order valence-electron chi connectivity index (χ4n) is 3.37. The predicted molar refractivity (Wildman–Crippen MR) is 127 cm³/mol. The number of carboxylic acids is 1. The molecule has 0 spiro atoms. The van der Waals surface area contributed by atoms with Gasteiger partial charge in [0.1, 0.15) is 12.4 Å². The maximum Gasteiger partial charge on any atom is 0.336 e. The van der Waals surface area contributed by atoms with Crippen molar-refractivity contribution >= 4 is 5.97 Å². The summed E-state index contributed by atoms with van der Waals surface area (Å²) >= 11 is 0. The van der Waals surface area contributed by atoms with Gasteiger partial charge in [-0.05, 0) is 61.2 Å². The zero-order valence-electron chi connectivity index (χ0n) is 19.2. The molecule has 0 saturated carbocycles. The summed E-state index contributed by atoms with van der Waals surface area (Å²) < 4.78 is 5.79. The Labute approximate surface area is 181 Å². The Kier molecular flexibility index (Phi) is 10.4. The average Bonchev–Trinajstić information content (AvgIpc) is 2.75. The zero-order valence-corrected chi connectivity index (χ0v) is 19.2. The minimum atomic E-state index is -0.940. The molecule has 0 aliphatic rings. The number of carboxylic acid groups (broad SMARTS) is 1. The third kappa shape index (κ3) is 6.48. The maximum absolute atomic E-state index is 11.3. The van der Waals surface area contributed by atoms with Gasteiger partial charge in [-0.1, -0.05) is 75.7 Å². The number of aryl methyl sites for hydroxylation is 3. The molecule has 1 N–H and O–H groups in total. The van der Waals surface area contributed by atoms with Gasteiger partial charge in [-0.15, -0.1) is 0 Å². The molecule has 3 aromatic carbocycles. The van der Waals surface area contributed by atoms with Crippen LogP contribution in [0, 0.1) is 20.8 Å². The smallest absolute Gasteiger partial charge is 0.336 e. The third-order valence-corrected chi connectivity index (χ3v) is 4.46. The molecule has 0 atom stereocenters. The van der Waals surface area contributed by atoms with Crippen LogP contribution in [0.2, 0.25) is 0 Å². The van der Waals surface area contributed by atoms with E-state index in [4.69, 9.17) is 4.74 Å².